The van der Waals surface area contributed by atoms with Gasteiger partial charge in [0.05, 0.1) is 7.05 Å². The maximum absolute atomic E-state index is 13.5. The van der Waals surface area contributed by atoms with Crippen molar-refractivity contribution in [3.8, 4) is 0 Å². The molecule has 98 valence electrons. The summed E-state index contributed by atoms with van der Waals surface area (Å²) < 4.78 is 13.5. The van der Waals surface area contributed by atoms with Crippen LogP contribution in [-0.4, -0.2) is 39.8 Å². The standard InChI is InChI=1S/C14H20FN3/c1-17-4-6-18(7-5-17)14-10-16-9-11-2-3-12(15)8-13(11)14/h2-3,8,14,16H,4-7,9-10H2,1H3/p+3/t14-/m0/s1. The molecule has 4 N–H and O–H groups in total. The molecule has 1 saturated heterocycles. The van der Waals surface area contributed by atoms with Crippen molar-refractivity contribution in [1.29, 1.82) is 0 Å². The fourth-order valence-corrected chi connectivity index (χ4v) is 3.34. The van der Waals surface area contributed by atoms with Gasteiger partial charge in [-0.3, -0.25) is 0 Å². The lowest BCUT2D eigenvalue weighted by molar-refractivity contribution is -1.03. The van der Waals surface area contributed by atoms with Crippen LogP contribution in [0.25, 0.3) is 0 Å². The molecule has 0 unspecified atom stereocenters. The number of nitrogens with two attached hydrogens (primary N) is 1. The number of halogens is 1. The molecule has 18 heavy (non-hydrogen) atoms. The first-order valence-electron chi connectivity index (χ1n) is 7.00. The Bertz CT molecular complexity index is 427. The highest BCUT2D eigenvalue weighted by molar-refractivity contribution is 5.30. The maximum atomic E-state index is 13.5. The van der Waals surface area contributed by atoms with Crippen molar-refractivity contribution in [1.82, 2.24) is 0 Å². The second-order valence-corrected chi connectivity index (χ2v) is 5.74. The minimum absolute atomic E-state index is 0.0835. The van der Waals surface area contributed by atoms with E-state index in [1.165, 1.54) is 37.3 Å². The second-order valence-electron chi connectivity index (χ2n) is 5.74. The monoisotopic (exact) mass is 252 g/mol. The van der Waals surface area contributed by atoms with Gasteiger partial charge in [0.2, 0.25) is 0 Å². The predicted molar refractivity (Wildman–Crippen MR) is 67.0 cm³/mol. The van der Waals surface area contributed by atoms with Crippen LogP contribution < -0.4 is 15.1 Å². The molecule has 1 aromatic rings. The number of quaternary nitrogens is 3. The van der Waals surface area contributed by atoms with Gasteiger partial charge < -0.3 is 15.1 Å². The lowest BCUT2D eigenvalue weighted by atomic mass is 9.95. The molecule has 3 nitrogen and oxygen atoms in total. The van der Waals surface area contributed by atoms with E-state index in [-0.39, 0.29) is 5.82 Å². The van der Waals surface area contributed by atoms with Crippen molar-refractivity contribution in [3.63, 3.8) is 0 Å². The second kappa shape index (κ2) is 4.96. The Hall–Kier alpha value is -0.970. The summed E-state index contributed by atoms with van der Waals surface area (Å²) in [6.45, 7) is 6.99. The van der Waals surface area contributed by atoms with Gasteiger partial charge in [0.1, 0.15) is 45.1 Å². The summed E-state index contributed by atoms with van der Waals surface area (Å²) in [5.41, 5.74) is 2.58. The van der Waals surface area contributed by atoms with E-state index in [1.54, 1.807) is 21.9 Å². The Labute approximate surface area is 108 Å². The number of rotatable bonds is 1. The predicted octanol–water partition coefficient (Wildman–Crippen LogP) is -2.64. The van der Waals surface area contributed by atoms with Gasteiger partial charge in [0, 0.05) is 11.1 Å². The molecule has 1 atom stereocenters. The third-order valence-corrected chi connectivity index (χ3v) is 4.49. The molecule has 0 aliphatic carbocycles. The van der Waals surface area contributed by atoms with E-state index in [0.717, 1.165) is 13.1 Å². The molecule has 0 spiro atoms. The van der Waals surface area contributed by atoms with Crippen LogP contribution in [-0.2, 0) is 6.54 Å². The topological polar surface area (TPSA) is 25.5 Å². The summed E-state index contributed by atoms with van der Waals surface area (Å²) in [5.74, 6) is -0.0835. The van der Waals surface area contributed by atoms with Gasteiger partial charge in [-0.1, -0.05) is 0 Å². The van der Waals surface area contributed by atoms with E-state index < -0.39 is 0 Å². The van der Waals surface area contributed by atoms with E-state index >= 15 is 0 Å². The smallest absolute Gasteiger partial charge is 0.163 e. The molecule has 0 aromatic heterocycles. The SMILES string of the molecule is C[NH+]1CC[NH+]([C@H]2C[NH2+]Cc3ccc(F)cc32)CC1. The summed E-state index contributed by atoms with van der Waals surface area (Å²) in [6.07, 6.45) is 0. The highest BCUT2D eigenvalue weighted by atomic mass is 19.1. The van der Waals surface area contributed by atoms with Gasteiger partial charge in [0.15, 0.2) is 6.04 Å². The summed E-state index contributed by atoms with van der Waals surface area (Å²) in [5, 5.41) is 2.36. The van der Waals surface area contributed by atoms with E-state index in [9.17, 15) is 4.39 Å². The number of hydrogen-bond acceptors (Lipinski definition) is 0. The Morgan fingerprint density at radius 3 is 2.78 bits per heavy atom. The maximum Gasteiger partial charge on any atom is 0.163 e. The number of nitrogens with one attached hydrogen (secondary N) is 2. The zero-order valence-electron chi connectivity index (χ0n) is 11.0. The van der Waals surface area contributed by atoms with Gasteiger partial charge in [0.25, 0.3) is 0 Å². The third-order valence-electron chi connectivity index (χ3n) is 4.49. The molecule has 0 radical (unpaired) electrons. The van der Waals surface area contributed by atoms with Crippen molar-refractivity contribution in [3.05, 3.63) is 35.1 Å². The minimum Gasteiger partial charge on any atom is -0.337 e. The quantitative estimate of drug-likeness (QED) is 0.487. The Balaban J connectivity index is 1.84. The summed E-state index contributed by atoms with van der Waals surface area (Å²) in [7, 11) is 2.26. The largest absolute Gasteiger partial charge is 0.337 e. The molecule has 2 aliphatic heterocycles. The van der Waals surface area contributed by atoms with Crippen LogP contribution in [0.2, 0.25) is 0 Å². The van der Waals surface area contributed by atoms with E-state index in [1.807, 2.05) is 6.07 Å². The summed E-state index contributed by atoms with van der Waals surface area (Å²) in [6, 6.07) is 5.81. The van der Waals surface area contributed by atoms with Crippen LogP contribution in [0.15, 0.2) is 18.2 Å². The molecule has 1 aromatic carbocycles. The van der Waals surface area contributed by atoms with Gasteiger partial charge in [-0.25, -0.2) is 4.39 Å². The third kappa shape index (κ3) is 2.28. The van der Waals surface area contributed by atoms with Crippen LogP contribution in [0.3, 0.4) is 0 Å². The molecule has 0 saturated carbocycles. The normalized spacial score (nSPS) is 32.0. The average Bonchev–Trinajstić information content (AvgIpc) is 2.39. The lowest BCUT2D eigenvalue weighted by Gasteiger charge is -2.35. The van der Waals surface area contributed by atoms with Crippen molar-refractivity contribution in [2.75, 3.05) is 39.8 Å². The van der Waals surface area contributed by atoms with Crippen LogP contribution >= 0.6 is 0 Å². The lowest BCUT2D eigenvalue weighted by Crippen LogP contribution is -3.28. The molecule has 0 bridgehead atoms. The minimum atomic E-state index is -0.0835. The molecular weight excluding hydrogens is 229 g/mol. The number of benzene rings is 1. The number of likely N-dealkylation sites (N-methyl/N-ethyl adjacent to an activating group) is 1. The van der Waals surface area contributed by atoms with Crippen LogP contribution in [0.5, 0.6) is 0 Å². The fourth-order valence-electron chi connectivity index (χ4n) is 3.34. The number of fused-ring (bicyclic) bond motifs is 1. The zero-order chi connectivity index (χ0) is 12.5. The van der Waals surface area contributed by atoms with Crippen molar-refractivity contribution >= 4 is 0 Å². The van der Waals surface area contributed by atoms with Crippen molar-refractivity contribution in [2.45, 2.75) is 12.6 Å². The van der Waals surface area contributed by atoms with Gasteiger partial charge >= 0.3 is 0 Å². The first-order chi connectivity index (χ1) is 8.74. The Morgan fingerprint density at radius 2 is 2.00 bits per heavy atom. The first kappa shape index (κ1) is 12.1. The first-order valence-corrected chi connectivity index (χ1v) is 7.00. The highest BCUT2D eigenvalue weighted by Gasteiger charge is 2.34. The highest BCUT2D eigenvalue weighted by Crippen LogP contribution is 2.18. The number of hydrogen-bond donors (Lipinski definition) is 3. The number of piperazine rings is 1. The van der Waals surface area contributed by atoms with Gasteiger partial charge in [-0.2, -0.15) is 0 Å². The molecular formula is C14H23FN3+3. The molecule has 0 amide bonds. The average molecular weight is 252 g/mol. The van der Waals surface area contributed by atoms with Gasteiger partial charge in [-0.05, 0) is 18.2 Å². The summed E-state index contributed by atoms with van der Waals surface area (Å²) >= 11 is 0. The van der Waals surface area contributed by atoms with E-state index in [4.69, 9.17) is 0 Å². The fraction of sp³-hybridized carbons (Fsp3) is 0.571. The Kier molecular flexibility index (Phi) is 3.33. The van der Waals surface area contributed by atoms with E-state index in [0.29, 0.717) is 6.04 Å². The molecule has 2 heterocycles. The molecule has 1 fully saturated rings. The molecule has 4 heteroatoms. The van der Waals surface area contributed by atoms with Gasteiger partial charge in [-0.15, -0.1) is 0 Å². The van der Waals surface area contributed by atoms with Crippen LogP contribution in [0.4, 0.5) is 4.39 Å². The van der Waals surface area contributed by atoms with Crippen LogP contribution in [0.1, 0.15) is 17.2 Å². The zero-order valence-corrected chi connectivity index (χ0v) is 11.0. The van der Waals surface area contributed by atoms with E-state index in [2.05, 4.69) is 12.4 Å². The summed E-state index contributed by atoms with van der Waals surface area (Å²) in [4.78, 5) is 3.27. The molecule has 2 aliphatic rings. The Morgan fingerprint density at radius 1 is 1.22 bits per heavy atom. The van der Waals surface area contributed by atoms with Crippen molar-refractivity contribution < 1.29 is 19.5 Å². The van der Waals surface area contributed by atoms with Crippen molar-refractivity contribution in [2.24, 2.45) is 0 Å². The van der Waals surface area contributed by atoms with Crippen LogP contribution in [0, 0.1) is 5.82 Å². The molecule has 3 rings (SSSR count).